The minimum Gasteiger partial charge on any atom is -0.414 e. The molecule has 0 N–H and O–H groups in total. The van der Waals surface area contributed by atoms with E-state index in [1.165, 1.54) is 18.3 Å². The summed E-state index contributed by atoms with van der Waals surface area (Å²) in [5.74, 6) is -0.288. The van der Waals surface area contributed by atoms with Crippen molar-refractivity contribution in [1.29, 1.82) is 0 Å². The average Bonchev–Trinajstić information content (AvgIpc) is 2.31. The molecule has 0 aliphatic carbocycles. The van der Waals surface area contributed by atoms with Crippen LogP contribution in [0.3, 0.4) is 0 Å². The molecule has 1 aromatic heterocycles. The second-order valence-electron chi connectivity index (χ2n) is 2.43. The van der Waals surface area contributed by atoms with Crippen LogP contribution < -0.4 is 4.74 Å². The molecule has 0 atom stereocenters. The number of carbonyl (C=O) groups is 1. The van der Waals surface area contributed by atoms with Crippen LogP contribution in [-0.4, -0.2) is 11.0 Å². The third-order valence-electron chi connectivity index (χ3n) is 1.34. The molecule has 3 nitrogen and oxygen atoms in total. The number of rotatable bonds is 2. The van der Waals surface area contributed by atoms with Crippen molar-refractivity contribution in [3.63, 3.8) is 0 Å². The van der Waals surface area contributed by atoms with Crippen molar-refractivity contribution in [2.75, 3.05) is 0 Å². The number of nitrogens with zero attached hydrogens (tertiary/aromatic N) is 1. The molecule has 4 heteroatoms. The second-order valence-corrected chi connectivity index (χ2v) is 3.47. The molecule has 0 saturated heterocycles. The molecule has 12 heavy (non-hydrogen) atoms. The highest BCUT2D eigenvalue weighted by atomic mass is 32.1. The summed E-state index contributed by atoms with van der Waals surface area (Å²) in [6.45, 7) is 5.26. The molecule has 0 aromatic carbocycles. The molecule has 1 rings (SSSR count). The van der Waals surface area contributed by atoms with Gasteiger partial charge in [-0.2, -0.15) is 0 Å². The van der Waals surface area contributed by atoms with E-state index in [-0.39, 0.29) is 5.97 Å². The number of carbonyl (C=O) groups excluding carboxylic acids is 1. The Morgan fingerprint density at radius 2 is 2.33 bits per heavy atom. The average molecular weight is 185 g/mol. The molecule has 0 spiro atoms. The Morgan fingerprint density at radius 1 is 1.67 bits per heavy atom. The van der Waals surface area contributed by atoms with Crippen LogP contribution in [0.4, 0.5) is 0 Å². The van der Waals surface area contributed by atoms with Gasteiger partial charge in [-0.1, -0.05) is 18.3 Å². The maximum absolute atomic E-state index is 10.6. The highest BCUT2D eigenvalue weighted by molar-refractivity contribution is 7.13. The van der Waals surface area contributed by atoms with E-state index in [9.17, 15) is 4.79 Å². The standard InChI is InChI=1S/C8H11NO2S/c1-4-7-9-5(2)8(12-7)11-6(3)10/h4H2,1-3H3. The van der Waals surface area contributed by atoms with Crippen LogP contribution in [0.15, 0.2) is 0 Å². The molecule has 0 amide bonds. The fraction of sp³-hybridized carbons (Fsp3) is 0.500. The van der Waals surface area contributed by atoms with Crippen LogP contribution in [0.2, 0.25) is 0 Å². The first-order valence-electron chi connectivity index (χ1n) is 3.78. The molecule has 0 radical (unpaired) electrons. The van der Waals surface area contributed by atoms with Crippen molar-refractivity contribution in [2.45, 2.75) is 27.2 Å². The Morgan fingerprint density at radius 3 is 2.75 bits per heavy atom. The maximum Gasteiger partial charge on any atom is 0.308 e. The summed E-state index contributed by atoms with van der Waals surface area (Å²) in [5, 5.41) is 1.63. The number of aromatic nitrogens is 1. The largest absolute Gasteiger partial charge is 0.414 e. The van der Waals surface area contributed by atoms with Gasteiger partial charge in [0, 0.05) is 6.92 Å². The third kappa shape index (κ3) is 2.04. The zero-order valence-corrected chi connectivity index (χ0v) is 8.20. The molecule has 0 aliphatic heterocycles. The fourth-order valence-corrected chi connectivity index (χ4v) is 1.71. The zero-order chi connectivity index (χ0) is 9.14. The molecule has 0 bridgehead atoms. The minimum atomic E-state index is -0.288. The summed E-state index contributed by atoms with van der Waals surface area (Å²) in [7, 11) is 0. The van der Waals surface area contributed by atoms with Gasteiger partial charge in [0.1, 0.15) is 0 Å². The first-order chi connectivity index (χ1) is 5.63. The summed E-state index contributed by atoms with van der Waals surface area (Å²) in [5.41, 5.74) is 0.798. The normalized spacial score (nSPS) is 9.92. The highest BCUT2D eigenvalue weighted by Crippen LogP contribution is 2.26. The lowest BCUT2D eigenvalue weighted by atomic mass is 10.5. The van der Waals surface area contributed by atoms with Crippen LogP contribution in [0.1, 0.15) is 24.5 Å². The quantitative estimate of drug-likeness (QED) is 0.661. The molecular weight excluding hydrogens is 174 g/mol. The van der Waals surface area contributed by atoms with Crippen molar-refractivity contribution in [1.82, 2.24) is 4.98 Å². The SMILES string of the molecule is CCc1nc(C)c(OC(C)=O)s1. The van der Waals surface area contributed by atoms with E-state index in [4.69, 9.17) is 4.74 Å². The number of hydrogen-bond donors (Lipinski definition) is 0. The number of thiazole rings is 1. The van der Waals surface area contributed by atoms with Gasteiger partial charge >= 0.3 is 5.97 Å². The van der Waals surface area contributed by atoms with Gasteiger partial charge in [-0.05, 0) is 13.3 Å². The lowest BCUT2D eigenvalue weighted by Crippen LogP contribution is -2.00. The van der Waals surface area contributed by atoms with Crippen LogP contribution in [0, 0.1) is 6.92 Å². The van der Waals surface area contributed by atoms with E-state index in [0.717, 1.165) is 17.1 Å². The predicted molar refractivity (Wildman–Crippen MR) is 47.5 cm³/mol. The van der Waals surface area contributed by atoms with Gasteiger partial charge in [0.05, 0.1) is 10.7 Å². The number of ether oxygens (including phenoxy) is 1. The van der Waals surface area contributed by atoms with E-state index in [0.29, 0.717) is 5.06 Å². The Kier molecular flexibility index (Phi) is 2.81. The van der Waals surface area contributed by atoms with Gasteiger partial charge in [0.25, 0.3) is 0 Å². The van der Waals surface area contributed by atoms with E-state index >= 15 is 0 Å². The highest BCUT2D eigenvalue weighted by Gasteiger charge is 2.08. The van der Waals surface area contributed by atoms with Crippen molar-refractivity contribution < 1.29 is 9.53 Å². The third-order valence-corrected chi connectivity index (χ3v) is 2.52. The van der Waals surface area contributed by atoms with Crippen molar-refractivity contribution in [2.24, 2.45) is 0 Å². The van der Waals surface area contributed by atoms with Gasteiger partial charge in [0.15, 0.2) is 0 Å². The molecule has 0 saturated carbocycles. The van der Waals surface area contributed by atoms with Gasteiger partial charge < -0.3 is 4.74 Å². The summed E-state index contributed by atoms with van der Waals surface area (Å²) in [6, 6.07) is 0. The van der Waals surface area contributed by atoms with E-state index < -0.39 is 0 Å². The summed E-state index contributed by atoms with van der Waals surface area (Å²) < 4.78 is 4.94. The first-order valence-corrected chi connectivity index (χ1v) is 4.59. The molecule has 1 heterocycles. The number of hydrogen-bond acceptors (Lipinski definition) is 4. The second kappa shape index (κ2) is 3.67. The minimum absolute atomic E-state index is 0.288. The topological polar surface area (TPSA) is 39.2 Å². The molecule has 0 unspecified atom stereocenters. The Balaban J connectivity index is 2.84. The predicted octanol–water partition coefficient (Wildman–Crippen LogP) is 1.94. The summed E-state index contributed by atoms with van der Waals surface area (Å²) in [6.07, 6.45) is 0.882. The number of esters is 1. The Labute approximate surface area is 75.4 Å². The lowest BCUT2D eigenvalue weighted by Gasteiger charge is -1.94. The first kappa shape index (κ1) is 9.19. The van der Waals surface area contributed by atoms with Gasteiger partial charge in [-0.15, -0.1) is 0 Å². The van der Waals surface area contributed by atoms with Crippen LogP contribution >= 0.6 is 11.3 Å². The lowest BCUT2D eigenvalue weighted by molar-refractivity contribution is -0.131. The van der Waals surface area contributed by atoms with Gasteiger partial charge in [-0.25, -0.2) is 4.98 Å². The Hall–Kier alpha value is -0.900. The zero-order valence-electron chi connectivity index (χ0n) is 7.38. The molecule has 0 aliphatic rings. The molecule has 1 aromatic rings. The van der Waals surface area contributed by atoms with E-state index in [1.807, 2.05) is 13.8 Å². The van der Waals surface area contributed by atoms with Crippen molar-refractivity contribution in [3.05, 3.63) is 10.7 Å². The summed E-state index contributed by atoms with van der Waals surface area (Å²) in [4.78, 5) is 14.8. The Bertz CT molecular complexity index is 293. The van der Waals surface area contributed by atoms with Crippen molar-refractivity contribution >= 4 is 17.3 Å². The van der Waals surface area contributed by atoms with Crippen LogP contribution in [-0.2, 0) is 11.2 Å². The molecule has 66 valence electrons. The van der Waals surface area contributed by atoms with Gasteiger partial charge in [-0.3, -0.25) is 4.79 Å². The molecular formula is C8H11NO2S. The smallest absolute Gasteiger partial charge is 0.308 e. The summed E-state index contributed by atoms with van der Waals surface area (Å²) >= 11 is 1.43. The van der Waals surface area contributed by atoms with Crippen LogP contribution in [0.25, 0.3) is 0 Å². The van der Waals surface area contributed by atoms with E-state index in [1.54, 1.807) is 0 Å². The van der Waals surface area contributed by atoms with Gasteiger partial charge in [0.2, 0.25) is 5.06 Å². The number of aryl methyl sites for hydroxylation is 2. The fourth-order valence-electron chi connectivity index (χ4n) is 0.813. The maximum atomic E-state index is 10.6. The van der Waals surface area contributed by atoms with Crippen molar-refractivity contribution in [3.8, 4) is 5.06 Å². The van der Waals surface area contributed by atoms with Crippen LogP contribution in [0.5, 0.6) is 5.06 Å². The monoisotopic (exact) mass is 185 g/mol. The molecule has 0 fully saturated rings. The van der Waals surface area contributed by atoms with E-state index in [2.05, 4.69) is 4.98 Å².